The summed E-state index contributed by atoms with van der Waals surface area (Å²) in [5.41, 5.74) is 0.509. The summed E-state index contributed by atoms with van der Waals surface area (Å²) in [5.74, 6) is 2.77. The summed E-state index contributed by atoms with van der Waals surface area (Å²) in [4.78, 5) is 3.16. The highest BCUT2D eigenvalue weighted by molar-refractivity contribution is 5.12. The second-order valence-electron chi connectivity index (χ2n) is 11.0. The van der Waals surface area contributed by atoms with E-state index < -0.39 is 0 Å². The fourth-order valence-corrected chi connectivity index (χ4v) is 8.15. The molecule has 3 heterocycles. The van der Waals surface area contributed by atoms with Crippen molar-refractivity contribution in [2.24, 2.45) is 23.2 Å². The first-order valence-corrected chi connectivity index (χ1v) is 12.1. The third-order valence-electron chi connectivity index (χ3n) is 9.42. The predicted molar refractivity (Wildman–Crippen MR) is 107 cm³/mol. The molecule has 5 rings (SSSR count). The van der Waals surface area contributed by atoms with Crippen LogP contribution in [-0.4, -0.2) is 35.7 Å². The largest absolute Gasteiger partial charge is 0.378 e. The van der Waals surface area contributed by atoms with Crippen molar-refractivity contribution >= 4 is 0 Å². The third kappa shape index (κ3) is 2.89. The van der Waals surface area contributed by atoms with E-state index in [0.29, 0.717) is 11.5 Å². The Labute approximate surface area is 161 Å². The maximum absolute atomic E-state index is 6.24. The van der Waals surface area contributed by atoms with Gasteiger partial charge in [0.1, 0.15) is 0 Å². The first-order valence-electron chi connectivity index (χ1n) is 12.1. The molecule has 6 unspecified atom stereocenters. The van der Waals surface area contributed by atoms with Gasteiger partial charge in [-0.05, 0) is 74.5 Å². The highest BCUT2D eigenvalue weighted by Gasteiger charge is 2.59. The molecule has 3 aliphatic heterocycles. The van der Waals surface area contributed by atoms with Gasteiger partial charge in [0.25, 0.3) is 0 Å². The average Bonchev–Trinajstić information content (AvgIpc) is 3.29. The minimum atomic E-state index is 0.509. The Hall–Kier alpha value is -0.0800. The summed E-state index contributed by atoms with van der Waals surface area (Å²) >= 11 is 0. The molecule has 6 atom stereocenters. The molecule has 0 aromatic heterocycles. The highest BCUT2D eigenvalue weighted by Crippen LogP contribution is 2.57. The molecule has 5 aliphatic rings. The molecule has 2 heteroatoms. The zero-order valence-corrected chi connectivity index (χ0v) is 17.3. The van der Waals surface area contributed by atoms with Crippen molar-refractivity contribution in [3.63, 3.8) is 0 Å². The monoisotopic (exact) mass is 359 g/mol. The number of rotatable bonds is 2. The van der Waals surface area contributed by atoms with Crippen molar-refractivity contribution in [3.8, 4) is 0 Å². The van der Waals surface area contributed by atoms with E-state index in [1.807, 2.05) is 0 Å². The minimum Gasteiger partial charge on any atom is -0.378 e. The van der Waals surface area contributed by atoms with E-state index in [1.165, 1.54) is 83.5 Å². The fraction of sp³-hybridized carbons (Fsp3) is 1.00. The van der Waals surface area contributed by atoms with Crippen LogP contribution < -0.4 is 0 Å². The second-order valence-corrected chi connectivity index (χ2v) is 11.0. The van der Waals surface area contributed by atoms with Crippen LogP contribution in [0.5, 0.6) is 0 Å². The normalized spacial score (nSPS) is 46.8. The minimum absolute atomic E-state index is 0.509. The Balaban J connectivity index is 1.46. The van der Waals surface area contributed by atoms with Crippen molar-refractivity contribution in [2.75, 3.05) is 6.61 Å². The molecule has 0 N–H and O–H groups in total. The van der Waals surface area contributed by atoms with E-state index >= 15 is 0 Å². The number of ether oxygens (including phenoxy) is 1. The lowest BCUT2D eigenvalue weighted by molar-refractivity contribution is -0.0505. The molecule has 0 amide bonds. The molecule has 26 heavy (non-hydrogen) atoms. The predicted octanol–water partition coefficient (Wildman–Crippen LogP) is 5.79. The topological polar surface area (TPSA) is 12.5 Å². The first kappa shape index (κ1) is 18.0. The Morgan fingerprint density at radius 1 is 0.731 bits per heavy atom. The van der Waals surface area contributed by atoms with Gasteiger partial charge in [0, 0.05) is 24.7 Å². The van der Waals surface area contributed by atoms with Gasteiger partial charge in [0.15, 0.2) is 0 Å². The molecule has 0 aromatic carbocycles. The van der Waals surface area contributed by atoms with Crippen LogP contribution in [0, 0.1) is 23.2 Å². The molecule has 2 saturated carbocycles. The number of piperidine rings is 1. The van der Waals surface area contributed by atoms with Gasteiger partial charge in [0.05, 0.1) is 6.10 Å². The van der Waals surface area contributed by atoms with Gasteiger partial charge in [-0.3, -0.25) is 4.90 Å². The molecular formula is C24H41NO. The lowest BCUT2D eigenvalue weighted by Crippen LogP contribution is -2.56. The number of hydrogen-bond donors (Lipinski definition) is 0. The lowest BCUT2D eigenvalue weighted by atomic mass is 9.66. The fourth-order valence-electron chi connectivity index (χ4n) is 8.15. The van der Waals surface area contributed by atoms with Crippen LogP contribution in [0.15, 0.2) is 0 Å². The maximum atomic E-state index is 6.24. The van der Waals surface area contributed by atoms with Gasteiger partial charge in [-0.1, -0.05) is 46.0 Å². The number of hydrogen-bond acceptors (Lipinski definition) is 2. The quantitative estimate of drug-likeness (QED) is 0.618. The Kier molecular flexibility index (Phi) is 4.89. The number of nitrogens with zero attached hydrogens (tertiary/aromatic N) is 1. The summed E-state index contributed by atoms with van der Waals surface area (Å²) in [6.45, 7) is 6.30. The van der Waals surface area contributed by atoms with Crippen LogP contribution in [0.25, 0.3) is 0 Å². The van der Waals surface area contributed by atoms with Crippen molar-refractivity contribution in [3.05, 3.63) is 0 Å². The Morgan fingerprint density at radius 3 is 2.27 bits per heavy atom. The summed E-state index contributed by atoms with van der Waals surface area (Å²) < 4.78 is 6.24. The molecule has 0 spiro atoms. The van der Waals surface area contributed by atoms with Crippen LogP contribution in [0.2, 0.25) is 0 Å². The molecule has 148 valence electrons. The highest BCUT2D eigenvalue weighted by atomic mass is 16.5. The summed E-state index contributed by atoms with van der Waals surface area (Å²) in [5, 5.41) is 0. The standard InChI is InChI=1S/C24H41NO/c1-24(2)19-11-6-7-12-20(19)25-21(17-9-4-3-5-10-17)15-18(16-23(24)25)22-13-8-14-26-22/h17-23H,3-16H2,1-2H3. The second kappa shape index (κ2) is 7.07. The van der Waals surface area contributed by atoms with Gasteiger partial charge >= 0.3 is 0 Å². The third-order valence-corrected chi connectivity index (χ3v) is 9.42. The zero-order chi connectivity index (χ0) is 17.7. The smallest absolute Gasteiger partial charge is 0.0605 e. The van der Waals surface area contributed by atoms with Crippen LogP contribution in [0.1, 0.15) is 97.3 Å². The van der Waals surface area contributed by atoms with Gasteiger partial charge in [-0.2, -0.15) is 0 Å². The molecule has 0 radical (unpaired) electrons. The van der Waals surface area contributed by atoms with E-state index in [2.05, 4.69) is 18.7 Å². The van der Waals surface area contributed by atoms with Crippen molar-refractivity contribution in [1.29, 1.82) is 0 Å². The lowest BCUT2D eigenvalue weighted by Gasteiger charge is -2.51. The maximum Gasteiger partial charge on any atom is 0.0605 e. The van der Waals surface area contributed by atoms with Crippen LogP contribution in [-0.2, 0) is 4.74 Å². The number of fused-ring (bicyclic) bond motifs is 3. The van der Waals surface area contributed by atoms with E-state index in [1.54, 1.807) is 0 Å². The molecule has 0 bridgehead atoms. The SMILES string of the molecule is CC1(C)C2CCCCC2N2C(C3CCCCC3)CC(C3CCCO3)CC21. The van der Waals surface area contributed by atoms with E-state index in [4.69, 9.17) is 4.74 Å². The van der Waals surface area contributed by atoms with Gasteiger partial charge < -0.3 is 4.74 Å². The van der Waals surface area contributed by atoms with Crippen LogP contribution in [0.3, 0.4) is 0 Å². The van der Waals surface area contributed by atoms with Crippen molar-refractivity contribution in [1.82, 2.24) is 4.90 Å². The van der Waals surface area contributed by atoms with E-state index in [9.17, 15) is 0 Å². The average molecular weight is 360 g/mol. The summed E-state index contributed by atoms with van der Waals surface area (Å²) in [6, 6.07) is 2.60. The van der Waals surface area contributed by atoms with E-state index in [0.717, 1.165) is 42.5 Å². The van der Waals surface area contributed by atoms with Gasteiger partial charge in [-0.15, -0.1) is 0 Å². The molecule has 3 saturated heterocycles. The van der Waals surface area contributed by atoms with Gasteiger partial charge in [0.2, 0.25) is 0 Å². The molecule has 2 aliphatic carbocycles. The Morgan fingerprint density at radius 2 is 1.50 bits per heavy atom. The van der Waals surface area contributed by atoms with Crippen molar-refractivity contribution in [2.45, 2.75) is 122 Å². The molecular weight excluding hydrogens is 318 g/mol. The van der Waals surface area contributed by atoms with E-state index in [-0.39, 0.29) is 0 Å². The summed E-state index contributed by atoms with van der Waals surface area (Å²) in [7, 11) is 0. The molecule has 2 nitrogen and oxygen atoms in total. The first-order chi connectivity index (χ1) is 12.7. The van der Waals surface area contributed by atoms with Crippen molar-refractivity contribution < 1.29 is 4.74 Å². The van der Waals surface area contributed by atoms with Crippen LogP contribution >= 0.6 is 0 Å². The van der Waals surface area contributed by atoms with Gasteiger partial charge in [-0.25, -0.2) is 0 Å². The Bertz CT molecular complexity index is 490. The summed E-state index contributed by atoms with van der Waals surface area (Å²) in [6.07, 6.45) is 19.5. The zero-order valence-electron chi connectivity index (χ0n) is 17.3. The molecule has 0 aromatic rings. The molecule has 5 fully saturated rings. The van der Waals surface area contributed by atoms with Crippen LogP contribution in [0.4, 0.5) is 0 Å².